The van der Waals surface area contributed by atoms with Gasteiger partial charge >= 0.3 is 0 Å². The number of primary amides is 1. The minimum atomic E-state index is -0.241. The monoisotopic (exact) mass is 322 g/mol. The molecule has 0 aliphatic carbocycles. The van der Waals surface area contributed by atoms with E-state index in [9.17, 15) is 4.79 Å². The van der Waals surface area contributed by atoms with Crippen LogP contribution in [0, 0.1) is 5.41 Å². The first-order valence-corrected chi connectivity index (χ1v) is 8.30. The third-order valence-electron chi connectivity index (χ3n) is 4.99. The van der Waals surface area contributed by atoms with Crippen LogP contribution in [0.1, 0.15) is 24.8 Å². The molecule has 1 atom stereocenters. The average Bonchev–Trinajstić information content (AvgIpc) is 2.87. The van der Waals surface area contributed by atoms with Crippen molar-refractivity contribution in [3.63, 3.8) is 0 Å². The maximum absolute atomic E-state index is 11.0. The Labute approximate surface area is 136 Å². The maximum atomic E-state index is 11.0. The van der Waals surface area contributed by atoms with E-state index in [1.54, 1.807) is 0 Å². The summed E-state index contributed by atoms with van der Waals surface area (Å²) in [6.45, 7) is 3.07. The van der Waals surface area contributed by atoms with Gasteiger partial charge in [-0.3, -0.25) is 9.69 Å². The number of hydrogen-bond donors (Lipinski definition) is 1. The number of nitrogens with zero attached hydrogens (tertiary/aromatic N) is 1. The normalized spacial score (nSPS) is 24.7. The van der Waals surface area contributed by atoms with Crippen LogP contribution >= 0.6 is 11.6 Å². The maximum Gasteiger partial charge on any atom is 0.231 e. The van der Waals surface area contributed by atoms with E-state index in [1.807, 2.05) is 18.2 Å². The Morgan fingerprint density at radius 2 is 2.09 bits per heavy atom. The number of nitrogens with two attached hydrogens (primary N) is 1. The van der Waals surface area contributed by atoms with Crippen molar-refractivity contribution in [3.05, 3.63) is 34.9 Å². The molecule has 0 saturated carbocycles. The van der Waals surface area contributed by atoms with Gasteiger partial charge in [0.1, 0.15) is 0 Å². The molecule has 0 aromatic heterocycles. The second-order valence-corrected chi connectivity index (χ2v) is 7.08. The number of rotatable bonds is 4. The number of halogens is 1. The van der Waals surface area contributed by atoms with Gasteiger partial charge in [-0.15, -0.1) is 0 Å². The topological polar surface area (TPSA) is 55.6 Å². The number of hydrogen-bond acceptors (Lipinski definition) is 3. The van der Waals surface area contributed by atoms with Crippen molar-refractivity contribution in [1.82, 2.24) is 4.90 Å². The van der Waals surface area contributed by atoms with Crippen LogP contribution in [0.5, 0.6) is 0 Å². The third kappa shape index (κ3) is 3.62. The molecule has 2 aliphatic rings. The smallest absolute Gasteiger partial charge is 0.231 e. The van der Waals surface area contributed by atoms with Crippen LogP contribution in [0.3, 0.4) is 0 Å². The molecule has 4 nitrogen and oxygen atoms in total. The van der Waals surface area contributed by atoms with E-state index in [4.69, 9.17) is 22.1 Å². The molecule has 2 heterocycles. The second-order valence-electron chi connectivity index (χ2n) is 6.68. The first-order valence-electron chi connectivity index (χ1n) is 7.92. The molecule has 2 N–H and O–H groups in total. The summed E-state index contributed by atoms with van der Waals surface area (Å²) in [4.78, 5) is 13.2. The Balaban J connectivity index is 1.54. The van der Waals surface area contributed by atoms with Crippen LogP contribution in [0.25, 0.3) is 0 Å². The molecule has 2 fully saturated rings. The van der Waals surface area contributed by atoms with Gasteiger partial charge in [0, 0.05) is 11.4 Å². The minimum absolute atomic E-state index is 0.241. The molecule has 120 valence electrons. The van der Waals surface area contributed by atoms with Gasteiger partial charge in [0.05, 0.1) is 19.3 Å². The molecule has 1 spiro atoms. The summed E-state index contributed by atoms with van der Waals surface area (Å²) >= 11 is 6.24. The number of piperidine rings is 1. The van der Waals surface area contributed by atoms with Gasteiger partial charge in [0.25, 0.3) is 0 Å². The van der Waals surface area contributed by atoms with Gasteiger partial charge in [0.15, 0.2) is 0 Å². The zero-order valence-corrected chi connectivity index (χ0v) is 13.5. The molecule has 2 aliphatic heterocycles. The quantitative estimate of drug-likeness (QED) is 0.925. The molecule has 1 aromatic rings. The predicted molar refractivity (Wildman–Crippen MR) is 86.8 cm³/mol. The largest absolute Gasteiger partial charge is 0.377 e. The summed E-state index contributed by atoms with van der Waals surface area (Å²) in [6, 6.07) is 7.99. The summed E-state index contributed by atoms with van der Waals surface area (Å²) in [7, 11) is 0. The molecule has 1 amide bonds. The fourth-order valence-corrected chi connectivity index (χ4v) is 3.90. The van der Waals surface area contributed by atoms with Crippen molar-refractivity contribution >= 4 is 17.5 Å². The number of likely N-dealkylation sites (tertiary alicyclic amines) is 1. The first-order chi connectivity index (χ1) is 10.6. The molecule has 3 rings (SSSR count). The third-order valence-corrected chi connectivity index (χ3v) is 5.36. The van der Waals surface area contributed by atoms with E-state index in [0.717, 1.165) is 56.0 Å². The van der Waals surface area contributed by atoms with Gasteiger partial charge in [-0.25, -0.2) is 0 Å². The van der Waals surface area contributed by atoms with Gasteiger partial charge in [-0.1, -0.05) is 29.8 Å². The first kappa shape index (κ1) is 15.8. The standard InChI is InChI=1S/C17H23ClN2O2/c18-15-4-2-1-3-13(15)9-14-10-17(12-22-14)5-7-20(8-6-17)11-16(19)21/h1-4,14H,5-12H2,(H2,19,21). The Kier molecular flexibility index (Phi) is 4.71. The second kappa shape index (κ2) is 6.57. The van der Waals surface area contributed by atoms with E-state index in [-0.39, 0.29) is 17.4 Å². The van der Waals surface area contributed by atoms with Gasteiger partial charge < -0.3 is 10.5 Å². The van der Waals surface area contributed by atoms with Crippen LogP contribution in [0.2, 0.25) is 5.02 Å². The van der Waals surface area contributed by atoms with Gasteiger partial charge in [0.2, 0.25) is 5.91 Å². The molecule has 0 bridgehead atoms. The van der Waals surface area contributed by atoms with Gasteiger partial charge in [-0.2, -0.15) is 0 Å². The van der Waals surface area contributed by atoms with E-state index in [1.165, 1.54) is 0 Å². The van der Waals surface area contributed by atoms with E-state index in [2.05, 4.69) is 11.0 Å². The SMILES string of the molecule is NC(=O)CN1CCC2(CC1)COC(Cc1ccccc1Cl)C2. The lowest BCUT2D eigenvalue weighted by Crippen LogP contribution is -2.44. The van der Waals surface area contributed by atoms with Crippen molar-refractivity contribution in [1.29, 1.82) is 0 Å². The Morgan fingerprint density at radius 1 is 1.36 bits per heavy atom. The molecular weight excluding hydrogens is 300 g/mol. The lowest BCUT2D eigenvalue weighted by Gasteiger charge is -2.37. The zero-order valence-electron chi connectivity index (χ0n) is 12.8. The van der Waals surface area contributed by atoms with Crippen LogP contribution in [0.4, 0.5) is 0 Å². The highest BCUT2D eigenvalue weighted by molar-refractivity contribution is 6.31. The van der Waals surface area contributed by atoms with Crippen LogP contribution < -0.4 is 5.73 Å². The number of amides is 1. The number of carbonyl (C=O) groups is 1. The van der Waals surface area contributed by atoms with Crippen LogP contribution in [-0.4, -0.2) is 43.2 Å². The van der Waals surface area contributed by atoms with Crippen molar-refractivity contribution < 1.29 is 9.53 Å². The highest BCUT2D eigenvalue weighted by atomic mass is 35.5. The van der Waals surface area contributed by atoms with Crippen LogP contribution in [0.15, 0.2) is 24.3 Å². The van der Waals surface area contributed by atoms with E-state index >= 15 is 0 Å². The van der Waals surface area contributed by atoms with E-state index in [0.29, 0.717) is 6.54 Å². The summed E-state index contributed by atoms with van der Waals surface area (Å²) in [5, 5.41) is 0.823. The fraction of sp³-hybridized carbons (Fsp3) is 0.588. The Morgan fingerprint density at radius 3 is 2.77 bits per heavy atom. The fourth-order valence-electron chi connectivity index (χ4n) is 3.69. The summed E-state index contributed by atoms with van der Waals surface area (Å²) in [5.41, 5.74) is 6.71. The summed E-state index contributed by atoms with van der Waals surface area (Å²) in [6.07, 6.45) is 4.38. The molecule has 5 heteroatoms. The summed E-state index contributed by atoms with van der Waals surface area (Å²) < 4.78 is 6.05. The Bertz CT molecular complexity index is 541. The number of carbonyl (C=O) groups excluding carboxylic acids is 1. The van der Waals surface area contributed by atoms with Crippen molar-refractivity contribution in [3.8, 4) is 0 Å². The minimum Gasteiger partial charge on any atom is -0.377 e. The molecular formula is C17H23ClN2O2. The zero-order chi connectivity index (χ0) is 15.6. The molecule has 22 heavy (non-hydrogen) atoms. The highest BCUT2D eigenvalue weighted by Gasteiger charge is 2.42. The summed E-state index contributed by atoms with van der Waals surface area (Å²) in [5.74, 6) is -0.241. The lowest BCUT2D eigenvalue weighted by molar-refractivity contribution is -0.119. The van der Waals surface area contributed by atoms with Crippen molar-refractivity contribution in [2.45, 2.75) is 31.8 Å². The molecule has 0 radical (unpaired) electrons. The molecule has 2 saturated heterocycles. The predicted octanol–water partition coefficient (Wildman–Crippen LogP) is 2.24. The average molecular weight is 323 g/mol. The molecule has 1 aromatic carbocycles. The molecule has 1 unspecified atom stereocenters. The number of benzene rings is 1. The van der Waals surface area contributed by atoms with Crippen molar-refractivity contribution in [2.75, 3.05) is 26.2 Å². The lowest BCUT2D eigenvalue weighted by atomic mass is 9.76. The van der Waals surface area contributed by atoms with Crippen LogP contribution in [-0.2, 0) is 16.0 Å². The van der Waals surface area contributed by atoms with Gasteiger partial charge in [-0.05, 0) is 49.4 Å². The number of ether oxygens (including phenoxy) is 1. The van der Waals surface area contributed by atoms with E-state index < -0.39 is 0 Å². The van der Waals surface area contributed by atoms with Crippen molar-refractivity contribution in [2.24, 2.45) is 11.1 Å². The Hall–Kier alpha value is -1.10. The highest BCUT2D eigenvalue weighted by Crippen LogP contribution is 2.42.